The van der Waals surface area contributed by atoms with E-state index in [1.165, 1.54) is 6.42 Å². The molecule has 0 fully saturated rings. The van der Waals surface area contributed by atoms with Gasteiger partial charge in [0.15, 0.2) is 0 Å². The van der Waals surface area contributed by atoms with Gasteiger partial charge in [0.25, 0.3) is 0 Å². The smallest absolute Gasteiger partial charge is 0.219 e. The molecule has 2 nitrogen and oxygen atoms in total. The summed E-state index contributed by atoms with van der Waals surface area (Å²) >= 11 is 0. The monoisotopic (exact) mass is 197 g/mol. The Morgan fingerprint density at radius 2 is 2.00 bits per heavy atom. The fraction of sp³-hybridized carbons (Fsp3) is 0.750. The molecule has 14 heavy (non-hydrogen) atoms. The van der Waals surface area contributed by atoms with Crippen molar-refractivity contribution in [3.05, 3.63) is 12.2 Å². The molecule has 0 aliphatic heterocycles. The van der Waals surface area contributed by atoms with Crippen LogP contribution >= 0.6 is 0 Å². The molecule has 0 aromatic rings. The number of unbranched alkanes of at least 4 members (excludes halogenated alkanes) is 3. The van der Waals surface area contributed by atoms with Gasteiger partial charge in [-0.2, -0.15) is 0 Å². The standard InChI is InChI=1S/C12H23NO/c1-11(2)9-7-5-4-6-8-10-12(14)13-3/h7,9,11H,4-6,8,10H2,1-3H3,(H,13,14)/b9-7+. The second-order valence-corrected chi connectivity index (χ2v) is 3.94. The molecule has 0 heterocycles. The highest BCUT2D eigenvalue weighted by molar-refractivity contribution is 5.75. The average molecular weight is 197 g/mol. The van der Waals surface area contributed by atoms with Crippen molar-refractivity contribution in [1.29, 1.82) is 0 Å². The van der Waals surface area contributed by atoms with Gasteiger partial charge in [0.2, 0.25) is 5.91 Å². The van der Waals surface area contributed by atoms with Gasteiger partial charge in [-0.1, -0.05) is 32.4 Å². The summed E-state index contributed by atoms with van der Waals surface area (Å²) in [6.45, 7) is 4.37. The van der Waals surface area contributed by atoms with Gasteiger partial charge in [0.05, 0.1) is 0 Å². The van der Waals surface area contributed by atoms with E-state index in [9.17, 15) is 4.79 Å². The Labute approximate surface area is 87.8 Å². The number of carbonyl (C=O) groups is 1. The summed E-state index contributed by atoms with van der Waals surface area (Å²) in [5.74, 6) is 0.809. The van der Waals surface area contributed by atoms with Crippen LogP contribution in [0, 0.1) is 5.92 Å². The van der Waals surface area contributed by atoms with Crippen molar-refractivity contribution in [3.8, 4) is 0 Å². The SMILES string of the molecule is CNC(=O)CCCCC/C=C/C(C)C. The Kier molecular flexibility index (Phi) is 8.30. The average Bonchev–Trinajstić information content (AvgIpc) is 2.15. The lowest BCUT2D eigenvalue weighted by molar-refractivity contribution is -0.120. The minimum atomic E-state index is 0.155. The highest BCUT2D eigenvalue weighted by atomic mass is 16.1. The summed E-state index contributed by atoms with van der Waals surface area (Å²) < 4.78 is 0. The third kappa shape index (κ3) is 9.30. The zero-order valence-electron chi connectivity index (χ0n) is 9.68. The molecule has 0 radical (unpaired) electrons. The lowest BCUT2D eigenvalue weighted by Gasteiger charge is -1.99. The van der Waals surface area contributed by atoms with Gasteiger partial charge in [-0.05, 0) is 25.2 Å². The lowest BCUT2D eigenvalue weighted by Crippen LogP contribution is -2.16. The van der Waals surface area contributed by atoms with E-state index >= 15 is 0 Å². The van der Waals surface area contributed by atoms with E-state index in [-0.39, 0.29) is 5.91 Å². The lowest BCUT2D eigenvalue weighted by atomic mass is 10.1. The van der Waals surface area contributed by atoms with Crippen molar-refractivity contribution < 1.29 is 4.79 Å². The van der Waals surface area contributed by atoms with Crippen LogP contribution in [0.4, 0.5) is 0 Å². The van der Waals surface area contributed by atoms with E-state index in [0.717, 1.165) is 19.3 Å². The topological polar surface area (TPSA) is 29.1 Å². The quantitative estimate of drug-likeness (QED) is 0.493. The van der Waals surface area contributed by atoms with Crippen LogP contribution in [0.3, 0.4) is 0 Å². The summed E-state index contributed by atoms with van der Waals surface area (Å²) in [4.78, 5) is 10.9. The molecule has 0 atom stereocenters. The Balaban J connectivity index is 3.18. The third-order valence-corrected chi connectivity index (χ3v) is 2.07. The molecule has 0 aromatic carbocycles. The van der Waals surface area contributed by atoms with Gasteiger partial charge >= 0.3 is 0 Å². The molecule has 0 aromatic heterocycles. The highest BCUT2D eigenvalue weighted by Crippen LogP contribution is 2.04. The molecule has 0 rings (SSSR count). The molecule has 0 aliphatic carbocycles. The molecule has 0 unspecified atom stereocenters. The van der Waals surface area contributed by atoms with Crippen molar-refractivity contribution in [1.82, 2.24) is 5.32 Å². The normalized spacial score (nSPS) is 11.1. The summed E-state index contributed by atoms with van der Waals surface area (Å²) in [6.07, 6.45) is 9.64. The van der Waals surface area contributed by atoms with Crippen LogP contribution in [0.15, 0.2) is 12.2 Å². The van der Waals surface area contributed by atoms with Gasteiger partial charge in [0.1, 0.15) is 0 Å². The number of carbonyl (C=O) groups excluding carboxylic acids is 1. The van der Waals surface area contributed by atoms with Crippen LogP contribution in [0.1, 0.15) is 46.0 Å². The molecular formula is C12H23NO. The zero-order valence-corrected chi connectivity index (χ0v) is 9.68. The molecule has 1 amide bonds. The maximum absolute atomic E-state index is 10.9. The summed E-state index contributed by atoms with van der Waals surface area (Å²) in [5, 5.41) is 2.63. The maximum Gasteiger partial charge on any atom is 0.219 e. The van der Waals surface area contributed by atoms with Gasteiger partial charge in [-0.15, -0.1) is 0 Å². The van der Waals surface area contributed by atoms with Crippen LogP contribution in [-0.4, -0.2) is 13.0 Å². The molecular weight excluding hydrogens is 174 g/mol. The number of nitrogens with one attached hydrogen (secondary N) is 1. The predicted molar refractivity (Wildman–Crippen MR) is 61.1 cm³/mol. The van der Waals surface area contributed by atoms with E-state index in [1.807, 2.05) is 0 Å². The van der Waals surface area contributed by atoms with Crippen molar-refractivity contribution in [3.63, 3.8) is 0 Å². The second-order valence-electron chi connectivity index (χ2n) is 3.94. The number of hydrogen-bond donors (Lipinski definition) is 1. The van der Waals surface area contributed by atoms with Crippen LogP contribution < -0.4 is 5.32 Å². The Bertz CT molecular complexity index is 173. The van der Waals surface area contributed by atoms with Gasteiger partial charge in [0, 0.05) is 13.5 Å². The Morgan fingerprint density at radius 1 is 1.29 bits per heavy atom. The predicted octanol–water partition coefficient (Wildman–Crippen LogP) is 2.90. The van der Waals surface area contributed by atoms with E-state index in [2.05, 4.69) is 31.3 Å². The van der Waals surface area contributed by atoms with Crippen molar-refractivity contribution >= 4 is 5.91 Å². The number of amides is 1. The fourth-order valence-electron chi connectivity index (χ4n) is 1.22. The highest BCUT2D eigenvalue weighted by Gasteiger charge is 1.95. The van der Waals surface area contributed by atoms with Gasteiger partial charge in [-0.25, -0.2) is 0 Å². The molecule has 0 bridgehead atoms. The first kappa shape index (κ1) is 13.2. The van der Waals surface area contributed by atoms with E-state index in [4.69, 9.17) is 0 Å². The molecule has 0 saturated heterocycles. The van der Waals surface area contributed by atoms with Gasteiger partial charge < -0.3 is 5.32 Å². The van der Waals surface area contributed by atoms with Crippen LogP contribution in [-0.2, 0) is 4.79 Å². The first-order chi connectivity index (χ1) is 6.66. The number of allylic oxidation sites excluding steroid dienone is 2. The molecule has 0 spiro atoms. The Morgan fingerprint density at radius 3 is 2.57 bits per heavy atom. The van der Waals surface area contributed by atoms with E-state index in [1.54, 1.807) is 7.05 Å². The van der Waals surface area contributed by atoms with Crippen molar-refractivity contribution in [2.45, 2.75) is 46.0 Å². The van der Waals surface area contributed by atoms with E-state index in [0.29, 0.717) is 12.3 Å². The zero-order chi connectivity index (χ0) is 10.8. The molecule has 82 valence electrons. The number of hydrogen-bond acceptors (Lipinski definition) is 1. The summed E-state index contributed by atoms with van der Waals surface area (Å²) in [5.41, 5.74) is 0. The molecule has 0 aliphatic rings. The third-order valence-electron chi connectivity index (χ3n) is 2.07. The maximum atomic E-state index is 10.9. The molecule has 2 heteroatoms. The minimum Gasteiger partial charge on any atom is -0.359 e. The van der Waals surface area contributed by atoms with Crippen LogP contribution in [0.2, 0.25) is 0 Å². The largest absolute Gasteiger partial charge is 0.359 e. The minimum absolute atomic E-state index is 0.155. The van der Waals surface area contributed by atoms with Gasteiger partial charge in [-0.3, -0.25) is 4.79 Å². The second kappa shape index (κ2) is 8.79. The van der Waals surface area contributed by atoms with Crippen LogP contribution in [0.25, 0.3) is 0 Å². The van der Waals surface area contributed by atoms with Crippen molar-refractivity contribution in [2.75, 3.05) is 7.05 Å². The first-order valence-electron chi connectivity index (χ1n) is 5.54. The summed E-state index contributed by atoms with van der Waals surface area (Å²) in [6, 6.07) is 0. The Hall–Kier alpha value is -0.790. The number of rotatable bonds is 7. The first-order valence-corrected chi connectivity index (χ1v) is 5.54. The van der Waals surface area contributed by atoms with E-state index < -0.39 is 0 Å². The summed E-state index contributed by atoms with van der Waals surface area (Å²) in [7, 11) is 1.69. The van der Waals surface area contributed by atoms with Crippen molar-refractivity contribution in [2.24, 2.45) is 5.92 Å². The van der Waals surface area contributed by atoms with Crippen LogP contribution in [0.5, 0.6) is 0 Å². The molecule has 0 saturated carbocycles. The fourth-order valence-corrected chi connectivity index (χ4v) is 1.22. The molecule has 1 N–H and O–H groups in total.